The van der Waals surface area contributed by atoms with Crippen LogP contribution in [0.5, 0.6) is 0 Å². The Kier molecular flexibility index (Phi) is 5.90. The molecule has 7 nitrogen and oxygen atoms in total. The number of hydrogen-bond acceptors (Lipinski definition) is 6. The van der Waals surface area contributed by atoms with Gasteiger partial charge in [0.1, 0.15) is 5.82 Å². The summed E-state index contributed by atoms with van der Waals surface area (Å²) in [4.78, 5) is 0. The third-order valence-electron chi connectivity index (χ3n) is 2.74. The fourth-order valence-electron chi connectivity index (χ4n) is 1.48. The summed E-state index contributed by atoms with van der Waals surface area (Å²) in [6, 6.07) is 0. The summed E-state index contributed by atoms with van der Waals surface area (Å²) in [6.45, 7) is 2.76. The zero-order valence-electron chi connectivity index (χ0n) is 10.6. The maximum Gasteiger partial charge on any atom is 0.147 e. The Morgan fingerprint density at radius 1 is 1.33 bits per heavy atom. The molecule has 1 heterocycles. The van der Waals surface area contributed by atoms with Gasteiger partial charge in [0.2, 0.25) is 0 Å². The van der Waals surface area contributed by atoms with Gasteiger partial charge in [-0.05, 0) is 5.92 Å². The van der Waals surface area contributed by atoms with Gasteiger partial charge in [0.15, 0.2) is 0 Å². The molecule has 6 N–H and O–H groups in total. The molecule has 0 saturated heterocycles. The Bertz CT molecular complexity index is 352. The van der Waals surface area contributed by atoms with E-state index < -0.39 is 0 Å². The van der Waals surface area contributed by atoms with Gasteiger partial charge >= 0.3 is 0 Å². The van der Waals surface area contributed by atoms with Crippen molar-refractivity contribution in [3.63, 3.8) is 0 Å². The predicted molar refractivity (Wildman–Crippen MR) is 69.0 cm³/mol. The van der Waals surface area contributed by atoms with Crippen molar-refractivity contribution in [1.29, 1.82) is 0 Å². The lowest BCUT2D eigenvalue weighted by atomic mass is 10.2. The summed E-state index contributed by atoms with van der Waals surface area (Å²) < 4.78 is 1.62. The Labute approximate surface area is 106 Å². The molecule has 0 amide bonds. The average Bonchev–Trinajstić information content (AvgIpc) is 2.73. The quantitative estimate of drug-likeness (QED) is 0.413. The molecular formula is C11H22N4O3. The largest absolute Gasteiger partial charge is 0.396 e. The van der Waals surface area contributed by atoms with Crippen LogP contribution >= 0.6 is 0 Å². The number of anilines is 2. The van der Waals surface area contributed by atoms with Crippen LogP contribution in [0.2, 0.25) is 0 Å². The van der Waals surface area contributed by atoms with E-state index in [0.717, 1.165) is 0 Å². The van der Waals surface area contributed by atoms with Crippen molar-refractivity contribution in [3.8, 4) is 0 Å². The molecule has 0 spiro atoms. The molecule has 0 bridgehead atoms. The first-order valence-electron chi connectivity index (χ1n) is 6.00. The van der Waals surface area contributed by atoms with Crippen molar-refractivity contribution in [3.05, 3.63) is 6.20 Å². The summed E-state index contributed by atoms with van der Waals surface area (Å²) in [5, 5.41) is 34.3. The number of nitrogens with zero attached hydrogens (tertiary/aromatic N) is 2. The van der Waals surface area contributed by atoms with Crippen LogP contribution in [0.15, 0.2) is 6.20 Å². The SMILES string of the molecule is CC(CO)CNc1c(N)cnn1CC(CO)CO. The summed E-state index contributed by atoms with van der Waals surface area (Å²) in [7, 11) is 0. The van der Waals surface area contributed by atoms with Gasteiger partial charge < -0.3 is 26.4 Å². The van der Waals surface area contributed by atoms with Gasteiger partial charge in [0, 0.05) is 32.3 Å². The number of rotatable bonds is 8. The van der Waals surface area contributed by atoms with Crippen LogP contribution in [0, 0.1) is 11.8 Å². The number of nitrogen functional groups attached to an aromatic ring is 1. The summed E-state index contributed by atoms with van der Waals surface area (Å²) in [5.74, 6) is 0.501. The highest BCUT2D eigenvalue weighted by atomic mass is 16.3. The number of hydrogen-bond donors (Lipinski definition) is 5. The lowest BCUT2D eigenvalue weighted by molar-refractivity contribution is 0.135. The van der Waals surface area contributed by atoms with Crippen molar-refractivity contribution in [2.45, 2.75) is 13.5 Å². The van der Waals surface area contributed by atoms with Crippen LogP contribution in [0.25, 0.3) is 0 Å². The van der Waals surface area contributed by atoms with E-state index in [1.165, 1.54) is 6.20 Å². The topological polar surface area (TPSA) is 117 Å². The minimum atomic E-state index is -0.264. The minimum Gasteiger partial charge on any atom is -0.396 e. The van der Waals surface area contributed by atoms with E-state index in [-0.39, 0.29) is 31.7 Å². The Hall–Kier alpha value is -1.31. The third kappa shape index (κ3) is 3.86. The molecule has 0 aliphatic carbocycles. The van der Waals surface area contributed by atoms with E-state index in [4.69, 9.17) is 21.1 Å². The maximum atomic E-state index is 9.06. The van der Waals surface area contributed by atoms with E-state index in [2.05, 4.69) is 10.4 Å². The zero-order valence-corrected chi connectivity index (χ0v) is 10.6. The molecular weight excluding hydrogens is 236 g/mol. The van der Waals surface area contributed by atoms with Gasteiger partial charge in [-0.3, -0.25) is 0 Å². The van der Waals surface area contributed by atoms with Crippen LogP contribution < -0.4 is 11.1 Å². The van der Waals surface area contributed by atoms with Gasteiger partial charge in [-0.2, -0.15) is 5.10 Å². The fourth-order valence-corrected chi connectivity index (χ4v) is 1.48. The maximum absolute atomic E-state index is 9.06. The van der Waals surface area contributed by atoms with Crippen molar-refractivity contribution < 1.29 is 15.3 Å². The van der Waals surface area contributed by atoms with Crippen LogP contribution in [0.3, 0.4) is 0 Å². The molecule has 18 heavy (non-hydrogen) atoms. The predicted octanol–water partition coefficient (Wildman–Crippen LogP) is -0.894. The fraction of sp³-hybridized carbons (Fsp3) is 0.727. The van der Waals surface area contributed by atoms with E-state index in [9.17, 15) is 0 Å². The molecule has 1 rings (SSSR count). The lowest BCUT2D eigenvalue weighted by Crippen LogP contribution is -2.22. The number of aliphatic hydroxyl groups excluding tert-OH is 3. The van der Waals surface area contributed by atoms with Gasteiger partial charge in [-0.25, -0.2) is 4.68 Å². The van der Waals surface area contributed by atoms with Crippen LogP contribution in [0.4, 0.5) is 11.5 Å². The highest BCUT2D eigenvalue weighted by molar-refractivity contribution is 5.60. The zero-order chi connectivity index (χ0) is 13.5. The molecule has 1 atom stereocenters. The molecule has 1 aromatic rings. The second-order valence-electron chi connectivity index (χ2n) is 4.53. The molecule has 0 aliphatic heterocycles. The van der Waals surface area contributed by atoms with Crippen LogP contribution in [-0.2, 0) is 6.54 Å². The van der Waals surface area contributed by atoms with Crippen LogP contribution in [0.1, 0.15) is 6.92 Å². The Morgan fingerprint density at radius 3 is 2.56 bits per heavy atom. The first kappa shape index (κ1) is 14.7. The molecule has 104 valence electrons. The smallest absolute Gasteiger partial charge is 0.147 e. The number of nitrogens with two attached hydrogens (primary N) is 1. The monoisotopic (exact) mass is 258 g/mol. The molecule has 1 aromatic heterocycles. The number of nitrogens with one attached hydrogen (secondary N) is 1. The molecule has 0 aromatic carbocycles. The average molecular weight is 258 g/mol. The van der Waals surface area contributed by atoms with Gasteiger partial charge in [0.05, 0.1) is 18.4 Å². The number of aromatic nitrogens is 2. The van der Waals surface area contributed by atoms with E-state index in [1.54, 1.807) is 4.68 Å². The van der Waals surface area contributed by atoms with Gasteiger partial charge in [-0.15, -0.1) is 0 Å². The van der Waals surface area contributed by atoms with Gasteiger partial charge in [0.25, 0.3) is 0 Å². The standard InChI is InChI=1S/C11H22N4O3/c1-8(5-16)2-13-11-10(12)3-14-15(11)4-9(6-17)7-18/h3,8-9,13,16-18H,2,4-7,12H2,1H3. The molecule has 0 aliphatic rings. The van der Waals surface area contributed by atoms with Crippen molar-refractivity contribution >= 4 is 11.5 Å². The minimum absolute atomic E-state index is 0.0942. The Balaban J connectivity index is 2.68. The Morgan fingerprint density at radius 2 is 2.00 bits per heavy atom. The molecule has 7 heteroatoms. The van der Waals surface area contributed by atoms with E-state index >= 15 is 0 Å². The highest BCUT2D eigenvalue weighted by Gasteiger charge is 2.13. The molecule has 1 unspecified atom stereocenters. The highest BCUT2D eigenvalue weighted by Crippen LogP contribution is 2.19. The summed E-state index contributed by atoms with van der Waals surface area (Å²) >= 11 is 0. The van der Waals surface area contributed by atoms with Crippen molar-refractivity contribution in [2.24, 2.45) is 11.8 Å². The van der Waals surface area contributed by atoms with E-state index in [0.29, 0.717) is 24.6 Å². The van der Waals surface area contributed by atoms with Crippen LogP contribution in [-0.4, -0.2) is 51.5 Å². The normalized spacial score (nSPS) is 12.9. The molecule has 0 radical (unpaired) electrons. The van der Waals surface area contributed by atoms with Crippen molar-refractivity contribution in [1.82, 2.24) is 9.78 Å². The second-order valence-corrected chi connectivity index (χ2v) is 4.53. The molecule has 0 saturated carbocycles. The van der Waals surface area contributed by atoms with Crippen molar-refractivity contribution in [2.75, 3.05) is 37.4 Å². The summed E-state index contributed by atoms with van der Waals surface area (Å²) in [6.07, 6.45) is 1.53. The number of aliphatic hydroxyl groups is 3. The summed E-state index contributed by atoms with van der Waals surface area (Å²) in [5.41, 5.74) is 6.30. The second kappa shape index (κ2) is 7.20. The van der Waals surface area contributed by atoms with E-state index in [1.807, 2.05) is 6.92 Å². The first-order chi connectivity index (χ1) is 8.62. The first-order valence-corrected chi connectivity index (χ1v) is 6.00. The third-order valence-corrected chi connectivity index (χ3v) is 2.74. The molecule has 0 fully saturated rings. The lowest BCUT2D eigenvalue weighted by Gasteiger charge is -2.16. The van der Waals surface area contributed by atoms with Gasteiger partial charge in [-0.1, -0.05) is 6.92 Å².